The van der Waals surface area contributed by atoms with Crippen LogP contribution < -0.4 is 4.72 Å². The first kappa shape index (κ1) is 14.7. The predicted octanol–water partition coefficient (Wildman–Crippen LogP) is 0.488. The molecule has 0 unspecified atom stereocenters. The van der Waals surface area contributed by atoms with E-state index in [4.69, 9.17) is 11.6 Å². The van der Waals surface area contributed by atoms with Crippen LogP contribution >= 0.6 is 11.6 Å². The number of methoxy groups -OCH3 is 1. The van der Waals surface area contributed by atoms with Crippen molar-refractivity contribution in [2.75, 3.05) is 25.3 Å². The van der Waals surface area contributed by atoms with E-state index in [1.807, 2.05) is 0 Å². The van der Waals surface area contributed by atoms with Crippen LogP contribution in [-0.2, 0) is 19.6 Å². The van der Waals surface area contributed by atoms with E-state index in [0.717, 1.165) is 0 Å². The van der Waals surface area contributed by atoms with Gasteiger partial charge in [0.25, 0.3) is 0 Å². The van der Waals surface area contributed by atoms with Gasteiger partial charge in [0.1, 0.15) is 0 Å². The Morgan fingerprint density at radius 2 is 2.07 bits per heavy atom. The Labute approximate surface area is 95.2 Å². The van der Waals surface area contributed by atoms with E-state index in [2.05, 4.69) is 9.46 Å². The van der Waals surface area contributed by atoms with Gasteiger partial charge in [0, 0.05) is 18.8 Å². The highest BCUT2D eigenvalue weighted by molar-refractivity contribution is 7.89. The highest BCUT2D eigenvalue weighted by Crippen LogP contribution is 1.96. The summed E-state index contributed by atoms with van der Waals surface area (Å²) >= 11 is 5.40. The molecule has 0 spiro atoms. The molecule has 1 N–H and O–H groups in total. The molecule has 0 aromatic heterocycles. The zero-order valence-corrected chi connectivity index (χ0v) is 10.2. The minimum atomic E-state index is -3.27. The van der Waals surface area contributed by atoms with E-state index >= 15 is 0 Å². The number of rotatable bonds is 8. The highest BCUT2D eigenvalue weighted by Gasteiger charge is 2.10. The Kier molecular flexibility index (Phi) is 7.72. The number of carbonyl (C=O) groups is 1. The second kappa shape index (κ2) is 7.90. The first-order valence-electron chi connectivity index (χ1n) is 4.62. The predicted molar refractivity (Wildman–Crippen MR) is 58.4 cm³/mol. The number of esters is 1. The van der Waals surface area contributed by atoms with Crippen LogP contribution in [0.1, 0.15) is 19.3 Å². The number of alkyl halides is 1. The molecular weight excluding hydrogens is 242 g/mol. The van der Waals surface area contributed by atoms with Crippen molar-refractivity contribution in [3.63, 3.8) is 0 Å². The average molecular weight is 258 g/mol. The lowest BCUT2D eigenvalue weighted by molar-refractivity contribution is -0.140. The molecule has 90 valence electrons. The number of sulfonamides is 1. The molecule has 0 amide bonds. The molecule has 15 heavy (non-hydrogen) atoms. The highest BCUT2D eigenvalue weighted by atomic mass is 35.5. The van der Waals surface area contributed by atoms with E-state index in [9.17, 15) is 13.2 Å². The van der Waals surface area contributed by atoms with Gasteiger partial charge in [-0.15, -0.1) is 11.6 Å². The van der Waals surface area contributed by atoms with Gasteiger partial charge in [-0.25, -0.2) is 13.1 Å². The number of halogens is 1. The normalized spacial score (nSPS) is 11.3. The molecule has 0 aliphatic rings. The van der Waals surface area contributed by atoms with Crippen LogP contribution in [0.25, 0.3) is 0 Å². The third-order valence-corrected chi connectivity index (χ3v) is 3.39. The molecule has 0 saturated carbocycles. The second-order valence-electron chi connectivity index (χ2n) is 2.94. The summed E-state index contributed by atoms with van der Waals surface area (Å²) in [4.78, 5) is 10.7. The number of hydrogen-bond donors (Lipinski definition) is 1. The summed E-state index contributed by atoms with van der Waals surface area (Å²) in [6.45, 7) is 0.337. The van der Waals surface area contributed by atoms with Crippen LogP contribution in [0, 0.1) is 0 Å². The van der Waals surface area contributed by atoms with E-state index in [0.29, 0.717) is 18.8 Å². The van der Waals surface area contributed by atoms with Crippen molar-refractivity contribution >= 4 is 27.6 Å². The zero-order valence-electron chi connectivity index (χ0n) is 8.66. The largest absolute Gasteiger partial charge is 0.469 e. The molecule has 0 rings (SSSR count). The van der Waals surface area contributed by atoms with Crippen molar-refractivity contribution in [3.05, 3.63) is 0 Å². The van der Waals surface area contributed by atoms with Gasteiger partial charge in [-0.1, -0.05) is 0 Å². The van der Waals surface area contributed by atoms with Crippen LogP contribution in [0.4, 0.5) is 0 Å². The van der Waals surface area contributed by atoms with Crippen molar-refractivity contribution < 1.29 is 17.9 Å². The topological polar surface area (TPSA) is 72.5 Å². The smallest absolute Gasteiger partial charge is 0.305 e. The fourth-order valence-corrected chi connectivity index (χ4v) is 2.13. The maximum atomic E-state index is 11.3. The van der Waals surface area contributed by atoms with E-state index in [1.165, 1.54) is 7.11 Å². The van der Waals surface area contributed by atoms with Crippen molar-refractivity contribution in [2.24, 2.45) is 0 Å². The minimum absolute atomic E-state index is 0.0651. The lowest BCUT2D eigenvalue weighted by Crippen LogP contribution is -2.27. The van der Waals surface area contributed by atoms with Crippen LogP contribution in [0.5, 0.6) is 0 Å². The van der Waals surface area contributed by atoms with Crippen molar-refractivity contribution in [1.29, 1.82) is 0 Å². The Bertz CT molecular complexity index is 278. The number of hydrogen-bond acceptors (Lipinski definition) is 4. The van der Waals surface area contributed by atoms with Gasteiger partial charge in [0.2, 0.25) is 10.0 Å². The lowest BCUT2D eigenvalue weighted by Gasteiger charge is -2.04. The molecule has 0 aromatic rings. The summed E-state index contributed by atoms with van der Waals surface area (Å²) < 4.78 is 29.3. The van der Waals surface area contributed by atoms with Gasteiger partial charge in [-0.2, -0.15) is 0 Å². The SMILES string of the molecule is COC(=O)CCCS(=O)(=O)NCCCCl. The van der Waals surface area contributed by atoms with Gasteiger partial charge >= 0.3 is 5.97 Å². The third kappa shape index (κ3) is 8.65. The molecular formula is C8H16ClNO4S. The summed E-state index contributed by atoms with van der Waals surface area (Å²) in [6, 6.07) is 0. The third-order valence-electron chi connectivity index (χ3n) is 1.65. The molecule has 0 aliphatic heterocycles. The van der Waals surface area contributed by atoms with E-state index < -0.39 is 16.0 Å². The molecule has 7 heteroatoms. The van der Waals surface area contributed by atoms with Crippen molar-refractivity contribution in [2.45, 2.75) is 19.3 Å². The summed E-state index contributed by atoms with van der Waals surface area (Å²) in [5, 5.41) is 0. The monoisotopic (exact) mass is 257 g/mol. The first-order valence-corrected chi connectivity index (χ1v) is 6.80. The van der Waals surface area contributed by atoms with Crippen molar-refractivity contribution in [1.82, 2.24) is 4.72 Å². The van der Waals surface area contributed by atoms with Crippen LogP contribution in [0.3, 0.4) is 0 Å². The molecule has 0 heterocycles. The van der Waals surface area contributed by atoms with Gasteiger partial charge in [-0.3, -0.25) is 4.79 Å². The summed E-state index contributed by atoms with van der Waals surface area (Å²) in [6.07, 6.45) is 0.980. The van der Waals surface area contributed by atoms with E-state index in [1.54, 1.807) is 0 Å². The molecule has 0 atom stereocenters. The summed E-state index contributed by atoms with van der Waals surface area (Å²) in [5.74, 6) is -0.0410. The Morgan fingerprint density at radius 1 is 1.40 bits per heavy atom. The van der Waals surface area contributed by atoms with Gasteiger partial charge in [0.15, 0.2) is 0 Å². The number of carbonyl (C=O) groups excluding carboxylic acids is 1. The zero-order chi connectivity index (χ0) is 11.7. The number of ether oxygens (including phenoxy) is 1. The maximum absolute atomic E-state index is 11.3. The summed E-state index contributed by atoms with van der Waals surface area (Å²) in [7, 11) is -2.00. The van der Waals surface area contributed by atoms with E-state index in [-0.39, 0.29) is 18.6 Å². The minimum Gasteiger partial charge on any atom is -0.469 e. The van der Waals surface area contributed by atoms with Gasteiger partial charge < -0.3 is 4.74 Å². The second-order valence-corrected chi connectivity index (χ2v) is 5.24. The fraction of sp³-hybridized carbons (Fsp3) is 0.875. The molecule has 5 nitrogen and oxygen atoms in total. The quantitative estimate of drug-likeness (QED) is 0.390. The molecule has 0 aromatic carbocycles. The van der Waals surface area contributed by atoms with Crippen LogP contribution in [0.15, 0.2) is 0 Å². The average Bonchev–Trinajstić information content (AvgIpc) is 2.17. The lowest BCUT2D eigenvalue weighted by atomic mass is 10.3. The first-order chi connectivity index (χ1) is 7.02. The standard InChI is InChI=1S/C8H16ClNO4S/c1-14-8(11)4-2-7-15(12,13)10-6-3-5-9/h10H,2-7H2,1H3. The summed E-state index contributed by atoms with van der Waals surface area (Å²) in [5.41, 5.74) is 0. The number of nitrogens with one attached hydrogen (secondary N) is 1. The maximum Gasteiger partial charge on any atom is 0.305 e. The van der Waals surface area contributed by atoms with Crippen LogP contribution in [-0.4, -0.2) is 39.7 Å². The van der Waals surface area contributed by atoms with Crippen molar-refractivity contribution in [3.8, 4) is 0 Å². The van der Waals surface area contributed by atoms with Gasteiger partial charge in [-0.05, 0) is 12.8 Å². The Balaban J connectivity index is 3.70. The van der Waals surface area contributed by atoms with Gasteiger partial charge in [0.05, 0.1) is 12.9 Å². The Hall–Kier alpha value is -0.330. The Morgan fingerprint density at radius 3 is 2.60 bits per heavy atom. The molecule has 0 radical (unpaired) electrons. The molecule has 0 fully saturated rings. The molecule has 0 saturated heterocycles. The fourth-order valence-electron chi connectivity index (χ4n) is 0.875. The molecule has 0 aliphatic carbocycles. The molecule has 0 bridgehead atoms. The van der Waals surface area contributed by atoms with Crippen LogP contribution in [0.2, 0.25) is 0 Å².